The van der Waals surface area contributed by atoms with Crippen molar-refractivity contribution in [1.29, 1.82) is 0 Å². The van der Waals surface area contributed by atoms with Gasteiger partial charge in [-0.1, -0.05) is 13.0 Å². The fourth-order valence-corrected chi connectivity index (χ4v) is 5.44. The van der Waals surface area contributed by atoms with E-state index in [0.29, 0.717) is 11.3 Å². The molecule has 1 unspecified atom stereocenters. The second kappa shape index (κ2) is 9.96. The largest absolute Gasteiger partial charge is 0.371 e. The van der Waals surface area contributed by atoms with Gasteiger partial charge in [-0.25, -0.2) is 8.78 Å². The van der Waals surface area contributed by atoms with Crippen LogP contribution in [0.4, 0.5) is 20.2 Å². The third kappa shape index (κ3) is 5.49. The maximum atomic E-state index is 14.5. The zero-order chi connectivity index (χ0) is 25.3. The van der Waals surface area contributed by atoms with Crippen molar-refractivity contribution in [3.05, 3.63) is 58.7 Å². The molecule has 2 amide bonds. The van der Waals surface area contributed by atoms with E-state index < -0.39 is 11.7 Å². The third-order valence-electron chi connectivity index (χ3n) is 7.99. The van der Waals surface area contributed by atoms with E-state index in [9.17, 15) is 18.4 Å². The number of hydrogen-bond donors (Lipinski definition) is 1. The van der Waals surface area contributed by atoms with Crippen molar-refractivity contribution in [2.75, 3.05) is 36.4 Å². The summed E-state index contributed by atoms with van der Waals surface area (Å²) in [4.78, 5) is 28.6. The molecule has 0 radical (unpaired) electrons. The number of nitrogens with one attached hydrogen (secondary N) is 1. The fourth-order valence-electron chi connectivity index (χ4n) is 5.44. The van der Waals surface area contributed by atoms with Crippen molar-refractivity contribution in [1.82, 2.24) is 4.90 Å². The SMILES string of the molecule is CC(=O)N1CCC2(CC1)CCN(c1cc(F)cc(NC(=O)C(C)Cc3c(F)ccc(C)c3C)c1)C2. The highest BCUT2D eigenvalue weighted by molar-refractivity contribution is 5.93. The minimum absolute atomic E-state index is 0.120. The number of amides is 2. The van der Waals surface area contributed by atoms with Crippen LogP contribution in [0.25, 0.3) is 0 Å². The van der Waals surface area contributed by atoms with E-state index in [1.165, 1.54) is 18.2 Å². The number of halogens is 2. The van der Waals surface area contributed by atoms with Crippen LogP contribution in [0, 0.1) is 36.8 Å². The maximum absolute atomic E-state index is 14.5. The van der Waals surface area contributed by atoms with Crippen LogP contribution < -0.4 is 10.2 Å². The molecular formula is C28H35F2N3O2. The van der Waals surface area contributed by atoms with Crippen LogP contribution in [-0.4, -0.2) is 42.9 Å². The lowest BCUT2D eigenvalue weighted by atomic mass is 9.78. The Hall–Kier alpha value is -2.96. The number of benzene rings is 2. The predicted octanol–water partition coefficient (Wildman–Crippen LogP) is 5.24. The second-order valence-electron chi connectivity index (χ2n) is 10.4. The van der Waals surface area contributed by atoms with Gasteiger partial charge in [-0.15, -0.1) is 0 Å². The summed E-state index contributed by atoms with van der Waals surface area (Å²) in [6.07, 6.45) is 3.19. The van der Waals surface area contributed by atoms with Gasteiger partial charge in [0.2, 0.25) is 11.8 Å². The molecule has 4 rings (SSSR count). The van der Waals surface area contributed by atoms with Gasteiger partial charge < -0.3 is 15.1 Å². The van der Waals surface area contributed by atoms with Gasteiger partial charge >= 0.3 is 0 Å². The average Bonchev–Trinajstić information content (AvgIpc) is 3.22. The number of nitrogens with zero attached hydrogens (tertiary/aromatic N) is 2. The van der Waals surface area contributed by atoms with Crippen LogP contribution in [0.3, 0.4) is 0 Å². The summed E-state index contributed by atoms with van der Waals surface area (Å²) in [7, 11) is 0. The first-order chi connectivity index (χ1) is 16.6. The maximum Gasteiger partial charge on any atom is 0.227 e. The van der Waals surface area contributed by atoms with Crippen molar-refractivity contribution < 1.29 is 18.4 Å². The molecule has 7 heteroatoms. The summed E-state index contributed by atoms with van der Waals surface area (Å²) in [5.41, 5.74) is 3.69. The smallest absolute Gasteiger partial charge is 0.227 e. The molecule has 5 nitrogen and oxygen atoms in total. The summed E-state index contributed by atoms with van der Waals surface area (Å²) < 4.78 is 28.9. The first kappa shape index (κ1) is 25.1. The van der Waals surface area contributed by atoms with Gasteiger partial charge in [-0.2, -0.15) is 0 Å². The molecule has 2 aromatic carbocycles. The van der Waals surface area contributed by atoms with Crippen LogP contribution in [-0.2, 0) is 16.0 Å². The molecule has 188 valence electrons. The van der Waals surface area contributed by atoms with Gasteiger partial charge in [-0.05, 0) is 85.9 Å². The number of carbonyl (C=O) groups is 2. The lowest BCUT2D eigenvalue weighted by Crippen LogP contribution is -2.43. The highest BCUT2D eigenvalue weighted by Crippen LogP contribution is 2.42. The van der Waals surface area contributed by atoms with Crippen molar-refractivity contribution in [3.63, 3.8) is 0 Å². The quantitative estimate of drug-likeness (QED) is 0.633. The standard InChI is InChI=1S/C28H35F2N3O2/c1-18-5-6-26(30)25(20(18)3)13-19(2)27(35)31-23-14-22(29)15-24(16-23)33-12-9-28(17-33)7-10-32(11-8-28)21(4)34/h5-6,14-16,19H,7-13,17H2,1-4H3,(H,31,35). The number of piperidine rings is 1. The van der Waals surface area contributed by atoms with E-state index in [0.717, 1.165) is 62.3 Å². The Morgan fingerprint density at radius 2 is 1.74 bits per heavy atom. The molecule has 0 aromatic heterocycles. The monoisotopic (exact) mass is 483 g/mol. The Bertz CT molecular complexity index is 1130. The molecule has 0 aliphatic carbocycles. The zero-order valence-corrected chi connectivity index (χ0v) is 21.1. The van der Waals surface area contributed by atoms with E-state index in [1.807, 2.05) is 24.8 Å². The van der Waals surface area contributed by atoms with Crippen molar-refractivity contribution >= 4 is 23.2 Å². The summed E-state index contributed by atoms with van der Waals surface area (Å²) in [6, 6.07) is 7.82. The van der Waals surface area contributed by atoms with E-state index in [2.05, 4.69) is 10.2 Å². The van der Waals surface area contributed by atoms with E-state index in [1.54, 1.807) is 19.9 Å². The summed E-state index contributed by atoms with van der Waals surface area (Å²) >= 11 is 0. The Kier molecular flexibility index (Phi) is 7.15. The molecule has 2 heterocycles. The van der Waals surface area contributed by atoms with Crippen LogP contribution in [0.1, 0.15) is 49.8 Å². The molecule has 2 aliphatic rings. The first-order valence-electron chi connectivity index (χ1n) is 12.4. The lowest BCUT2D eigenvalue weighted by Gasteiger charge is -2.39. The van der Waals surface area contributed by atoms with Gasteiger partial charge in [0.15, 0.2) is 0 Å². The topological polar surface area (TPSA) is 52.7 Å². The van der Waals surface area contributed by atoms with Crippen LogP contribution in [0.15, 0.2) is 30.3 Å². The number of aryl methyl sites for hydroxylation is 1. The molecule has 0 bridgehead atoms. The lowest BCUT2D eigenvalue weighted by molar-refractivity contribution is -0.131. The third-order valence-corrected chi connectivity index (χ3v) is 7.99. The van der Waals surface area contributed by atoms with Crippen molar-refractivity contribution in [2.24, 2.45) is 11.3 Å². The van der Waals surface area contributed by atoms with Gasteiger partial charge in [0.25, 0.3) is 0 Å². The van der Waals surface area contributed by atoms with Crippen LogP contribution in [0.2, 0.25) is 0 Å². The highest BCUT2D eigenvalue weighted by atomic mass is 19.1. The molecule has 2 aromatic rings. The number of anilines is 2. The molecule has 0 saturated carbocycles. The Morgan fingerprint density at radius 1 is 1.06 bits per heavy atom. The summed E-state index contributed by atoms with van der Waals surface area (Å²) in [5, 5.41) is 2.84. The molecule has 2 saturated heterocycles. The van der Waals surface area contributed by atoms with Crippen LogP contribution >= 0.6 is 0 Å². The number of hydrogen-bond acceptors (Lipinski definition) is 3. The van der Waals surface area contributed by atoms with Gasteiger partial charge in [0, 0.05) is 50.4 Å². The molecular weight excluding hydrogens is 448 g/mol. The zero-order valence-electron chi connectivity index (χ0n) is 21.1. The second-order valence-corrected chi connectivity index (χ2v) is 10.4. The van der Waals surface area contributed by atoms with Crippen molar-refractivity contribution in [3.8, 4) is 0 Å². The molecule has 1 N–H and O–H groups in total. The van der Waals surface area contributed by atoms with E-state index in [-0.39, 0.29) is 29.5 Å². The highest BCUT2D eigenvalue weighted by Gasteiger charge is 2.41. The summed E-state index contributed by atoms with van der Waals surface area (Å²) in [6.45, 7) is 10.3. The number of carbonyl (C=O) groups excluding carboxylic acids is 2. The molecule has 35 heavy (non-hydrogen) atoms. The number of rotatable bonds is 5. The first-order valence-corrected chi connectivity index (χ1v) is 12.4. The predicted molar refractivity (Wildman–Crippen MR) is 135 cm³/mol. The van der Waals surface area contributed by atoms with Gasteiger partial charge in [-0.3, -0.25) is 9.59 Å². The molecule has 1 spiro atoms. The van der Waals surface area contributed by atoms with Crippen molar-refractivity contribution in [2.45, 2.75) is 53.4 Å². The minimum Gasteiger partial charge on any atom is -0.371 e. The minimum atomic E-state index is -0.474. The average molecular weight is 484 g/mol. The van der Waals surface area contributed by atoms with E-state index in [4.69, 9.17) is 0 Å². The Morgan fingerprint density at radius 3 is 2.43 bits per heavy atom. The van der Waals surface area contributed by atoms with Crippen LogP contribution in [0.5, 0.6) is 0 Å². The molecule has 1 atom stereocenters. The molecule has 2 fully saturated rings. The van der Waals surface area contributed by atoms with Gasteiger partial charge in [0.1, 0.15) is 11.6 Å². The Balaban J connectivity index is 1.42. The van der Waals surface area contributed by atoms with E-state index >= 15 is 0 Å². The van der Waals surface area contributed by atoms with Gasteiger partial charge in [0.05, 0.1) is 0 Å². The summed E-state index contributed by atoms with van der Waals surface area (Å²) in [5.74, 6) is -1.33. The number of likely N-dealkylation sites (tertiary alicyclic amines) is 1. The normalized spacial score (nSPS) is 18.1. The fraction of sp³-hybridized carbons (Fsp3) is 0.500. The molecule has 2 aliphatic heterocycles. The Labute approximate surface area is 206 Å².